The molecule has 0 unspecified atom stereocenters. The van der Waals surface area contributed by atoms with Crippen LogP contribution in [0.3, 0.4) is 0 Å². The van der Waals surface area contributed by atoms with Gasteiger partial charge in [-0.15, -0.1) is 0 Å². The molecule has 2 aromatic heterocycles. The van der Waals surface area contributed by atoms with E-state index in [0.29, 0.717) is 41.7 Å². The minimum atomic E-state index is -0.358. The number of Topliss-reactive ketones (excluding diaryl/α,β-unsaturated/α-hetero) is 1. The van der Waals surface area contributed by atoms with Crippen LogP contribution in [0.25, 0.3) is 11.5 Å². The second kappa shape index (κ2) is 6.87. The minimum absolute atomic E-state index is 0.174. The van der Waals surface area contributed by atoms with Gasteiger partial charge in [-0.3, -0.25) is 9.59 Å². The molecule has 0 bridgehead atoms. The summed E-state index contributed by atoms with van der Waals surface area (Å²) < 4.78 is 17.6. The second-order valence-corrected chi connectivity index (χ2v) is 5.83. The van der Waals surface area contributed by atoms with Gasteiger partial charge in [0.2, 0.25) is 0 Å². The molecule has 0 fully saturated rings. The van der Waals surface area contributed by atoms with Crippen molar-refractivity contribution in [2.24, 2.45) is 0 Å². The van der Waals surface area contributed by atoms with Gasteiger partial charge in [-0.2, -0.15) is 5.10 Å². The Kier molecular flexibility index (Phi) is 4.27. The van der Waals surface area contributed by atoms with Gasteiger partial charge in [-0.1, -0.05) is 0 Å². The SMILES string of the molecule is O=C(Cn1nc(-c2ccco2)ccc1=O)c1ccc2c(c1)OCCCO2. The molecule has 0 spiro atoms. The molecule has 0 saturated carbocycles. The van der Waals surface area contributed by atoms with Gasteiger partial charge in [0.15, 0.2) is 23.0 Å². The molecule has 0 atom stereocenters. The van der Waals surface area contributed by atoms with E-state index in [1.54, 1.807) is 36.4 Å². The normalized spacial score (nSPS) is 13.2. The molecule has 1 aliphatic rings. The van der Waals surface area contributed by atoms with E-state index in [2.05, 4.69) is 5.10 Å². The zero-order valence-electron chi connectivity index (χ0n) is 13.9. The third kappa shape index (κ3) is 3.23. The van der Waals surface area contributed by atoms with Crippen molar-refractivity contribution in [1.29, 1.82) is 0 Å². The molecule has 26 heavy (non-hydrogen) atoms. The molecule has 1 aromatic carbocycles. The highest BCUT2D eigenvalue weighted by Crippen LogP contribution is 2.30. The van der Waals surface area contributed by atoms with Crippen molar-refractivity contribution in [2.45, 2.75) is 13.0 Å². The van der Waals surface area contributed by atoms with E-state index in [0.717, 1.165) is 11.1 Å². The second-order valence-electron chi connectivity index (χ2n) is 5.83. The van der Waals surface area contributed by atoms with E-state index in [1.807, 2.05) is 0 Å². The van der Waals surface area contributed by atoms with E-state index < -0.39 is 0 Å². The lowest BCUT2D eigenvalue weighted by Gasteiger charge is -2.09. The van der Waals surface area contributed by atoms with Crippen LogP contribution in [0.5, 0.6) is 11.5 Å². The first kappa shape index (κ1) is 16.1. The summed E-state index contributed by atoms with van der Waals surface area (Å²) in [5.41, 5.74) is 0.565. The van der Waals surface area contributed by atoms with Crippen LogP contribution in [0.4, 0.5) is 0 Å². The molecule has 132 valence electrons. The van der Waals surface area contributed by atoms with Crippen molar-refractivity contribution in [3.05, 3.63) is 64.6 Å². The standard InChI is InChI=1S/C19H16N2O5/c22-15(13-4-6-17-18(11-13)26-10-2-9-25-17)12-21-19(23)7-5-14(20-21)16-3-1-8-24-16/h1,3-8,11H,2,9-10,12H2. The first-order chi connectivity index (χ1) is 12.7. The van der Waals surface area contributed by atoms with Crippen LogP contribution in [0, 0.1) is 0 Å². The maximum atomic E-state index is 12.6. The zero-order chi connectivity index (χ0) is 17.9. The summed E-state index contributed by atoms with van der Waals surface area (Å²) in [5.74, 6) is 1.45. The van der Waals surface area contributed by atoms with Crippen LogP contribution in [0.15, 0.2) is 57.9 Å². The Bertz CT molecular complexity index is 991. The molecular weight excluding hydrogens is 336 g/mol. The predicted molar refractivity (Wildman–Crippen MR) is 92.6 cm³/mol. The number of nitrogens with zero attached hydrogens (tertiary/aromatic N) is 2. The number of hydrogen-bond acceptors (Lipinski definition) is 6. The largest absolute Gasteiger partial charge is 0.490 e. The molecule has 7 nitrogen and oxygen atoms in total. The van der Waals surface area contributed by atoms with Gasteiger partial charge in [0.05, 0.1) is 19.5 Å². The lowest BCUT2D eigenvalue weighted by Crippen LogP contribution is -2.26. The topological polar surface area (TPSA) is 83.6 Å². The molecule has 3 aromatic rings. The van der Waals surface area contributed by atoms with Gasteiger partial charge >= 0.3 is 0 Å². The zero-order valence-corrected chi connectivity index (χ0v) is 13.9. The van der Waals surface area contributed by atoms with Crippen molar-refractivity contribution in [3.63, 3.8) is 0 Å². The van der Waals surface area contributed by atoms with Gasteiger partial charge in [-0.05, 0) is 36.4 Å². The fourth-order valence-electron chi connectivity index (χ4n) is 2.68. The number of carbonyl (C=O) groups is 1. The van der Waals surface area contributed by atoms with Crippen molar-refractivity contribution in [3.8, 4) is 23.0 Å². The molecule has 0 N–H and O–H groups in total. The van der Waals surface area contributed by atoms with Crippen LogP contribution in [-0.2, 0) is 6.54 Å². The molecule has 0 saturated heterocycles. The van der Waals surface area contributed by atoms with Gasteiger partial charge in [0.25, 0.3) is 5.56 Å². The van der Waals surface area contributed by atoms with E-state index in [-0.39, 0.29) is 17.9 Å². The Balaban J connectivity index is 1.59. The first-order valence-corrected chi connectivity index (χ1v) is 8.25. The Morgan fingerprint density at radius 1 is 1.08 bits per heavy atom. The van der Waals surface area contributed by atoms with Crippen LogP contribution in [0.2, 0.25) is 0 Å². The minimum Gasteiger partial charge on any atom is -0.490 e. The highest BCUT2D eigenvalue weighted by molar-refractivity contribution is 5.96. The number of furan rings is 1. The Morgan fingerprint density at radius 2 is 1.92 bits per heavy atom. The lowest BCUT2D eigenvalue weighted by atomic mass is 10.1. The highest BCUT2D eigenvalue weighted by atomic mass is 16.5. The van der Waals surface area contributed by atoms with Crippen LogP contribution in [0.1, 0.15) is 16.8 Å². The average molecular weight is 352 g/mol. The number of rotatable bonds is 4. The molecule has 0 radical (unpaired) electrons. The Morgan fingerprint density at radius 3 is 2.73 bits per heavy atom. The summed E-state index contributed by atoms with van der Waals surface area (Å²) in [7, 11) is 0. The molecule has 0 aliphatic carbocycles. The molecule has 7 heteroatoms. The van der Waals surface area contributed by atoms with E-state index >= 15 is 0 Å². The number of ketones is 1. The van der Waals surface area contributed by atoms with E-state index in [9.17, 15) is 9.59 Å². The fraction of sp³-hybridized carbons (Fsp3) is 0.211. The van der Waals surface area contributed by atoms with Gasteiger partial charge < -0.3 is 13.9 Å². The predicted octanol–water partition coefficient (Wildman–Crippen LogP) is 2.55. The third-order valence-corrected chi connectivity index (χ3v) is 4.00. The van der Waals surface area contributed by atoms with Gasteiger partial charge in [-0.25, -0.2) is 4.68 Å². The van der Waals surface area contributed by atoms with Crippen molar-refractivity contribution in [2.75, 3.05) is 13.2 Å². The number of aromatic nitrogens is 2. The van der Waals surface area contributed by atoms with E-state index in [4.69, 9.17) is 13.9 Å². The van der Waals surface area contributed by atoms with Crippen LogP contribution >= 0.6 is 0 Å². The van der Waals surface area contributed by atoms with Crippen molar-refractivity contribution < 1.29 is 18.7 Å². The smallest absolute Gasteiger partial charge is 0.267 e. The van der Waals surface area contributed by atoms with Gasteiger partial charge in [0.1, 0.15) is 12.2 Å². The molecule has 0 amide bonds. The number of carbonyl (C=O) groups excluding carboxylic acids is 1. The van der Waals surface area contributed by atoms with Gasteiger partial charge in [0, 0.05) is 18.1 Å². The molecule has 3 heterocycles. The number of hydrogen-bond donors (Lipinski definition) is 0. The molecular formula is C19H16N2O5. The van der Waals surface area contributed by atoms with Crippen molar-refractivity contribution >= 4 is 5.78 Å². The van der Waals surface area contributed by atoms with Crippen LogP contribution in [-0.4, -0.2) is 28.8 Å². The van der Waals surface area contributed by atoms with E-state index in [1.165, 1.54) is 12.3 Å². The third-order valence-electron chi connectivity index (χ3n) is 4.00. The maximum Gasteiger partial charge on any atom is 0.267 e. The Hall–Kier alpha value is -3.35. The van der Waals surface area contributed by atoms with Crippen molar-refractivity contribution in [1.82, 2.24) is 9.78 Å². The summed E-state index contributed by atoms with van der Waals surface area (Å²) in [6, 6.07) is 11.4. The molecule has 1 aliphatic heterocycles. The number of benzene rings is 1. The average Bonchev–Trinajstić information content (AvgIpc) is 3.08. The first-order valence-electron chi connectivity index (χ1n) is 8.25. The van der Waals surface area contributed by atoms with Crippen LogP contribution < -0.4 is 15.0 Å². The summed E-state index contributed by atoms with van der Waals surface area (Å²) in [5, 5.41) is 4.22. The quantitative estimate of drug-likeness (QED) is 0.671. The monoisotopic (exact) mass is 352 g/mol. The Labute approximate surface area is 148 Å². The summed E-state index contributed by atoms with van der Waals surface area (Å²) in [6.07, 6.45) is 2.31. The fourth-order valence-corrected chi connectivity index (χ4v) is 2.68. The number of fused-ring (bicyclic) bond motifs is 1. The highest BCUT2D eigenvalue weighted by Gasteiger charge is 2.16. The summed E-state index contributed by atoms with van der Waals surface area (Å²) in [6.45, 7) is 0.947. The molecule has 4 rings (SSSR count). The lowest BCUT2D eigenvalue weighted by molar-refractivity contribution is 0.0965. The summed E-state index contributed by atoms with van der Waals surface area (Å²) in [4.78, 5) is 24.7. The summed E-state index contributed by atoms with van der Waals surface area (Å²) >= 11 is 0. The maximum absolute atomic E-state index is 12.6. The number of ether oxygens (including phenoxy) is 2.